The molecular weight excluding hydrogens is 308 g/mol. The molecule has 0 saturated carbocycles. The smallest absolute Gasteiger partial charge is 0.296 e. The molecule has 0 unspecified atom stereocenters. The Morgan fingerprint density at radius 1 is 1.09 bits per heavy atom. The van der Waals surface area contributed by atoms with Gasteiger partial charge in [0.2, 0.25) is 5.95 Å². The summed E-state index contributed by atoms with van der Waals surface area (Å²) in [5, 5.41) is 13.8. The number of aromatic hydroxyl groups is 1. The van der Waals surface area contributed by atoms with Crippen LogP contribution in [0.15, 0.2) is 47.9 Å². The molecule has 3 rings (SSSR count). The average Bonchev–Trinajstić information content (AvgIpc) is 2.50. The minimum atomic E-state index is -4.56. The van der Waals surface area contributed by atoms with E-state index in [1.807, 2.05) is 0 Å². The topological polar surface area (TPSA) is 125 Å². The molecule has 0 saturated heterocycles. The van der Waals surface area contributed by atoms with Crippen molar-refractivity contribution in [1.29, 1.82) is 0 Å². The number of hydrogen-bond donors (Lipinski definition) is 3. The van der Waals surface area contributed by atoms with Gasteiger partial charge in [-0.3, -0.25) is 4.55 Å². The van der Waals surface area contributed by atoms with Gasteiger partial charge in [-0.05, 0) is 11.5 Å². The van der Waals surface area contributed by atoms with Gasteiger partial charge >= 0.3 is 0 Å². The number of benzene rings is 2. The molecule has 3 aromatic rings. The second-order valence-electron chi connectivity index (χ2n) is 4.38. The summed E-state index contributed by atoms with van der Waals surface area (Å²) in [5.74, 6) is -0.295. The lowest BCUT2D eigenvalue weighted by Gasteiger charge is -2.13. The molecule has 1 heterocycles. The third-order valence-corrected chi connectivity index (χ3v) is 3.87. The second kappa shape index (κ2) is 5.20. The van der Waals surface area contributed by atoms with Crippen LogP contribution in [0.3, 0.4) is 0 Å². The molecular formula is C13H10N4O4S. The molecule has 0 fully saturated rings. The molecule has 0 aliphatic rings. The van der Waals surface area contributed by atoms with E-state index in [1.165, 1.54) is 18.7 Å². The Morgan fingerprint density at radius 2 is 1.77 bits per heavy atom. The maximum absolute atomic E-state index is 11.6. The van der Waals surface area contributed by atoms with Gasteiger partial charge in [0, 0.05) is 5.39 Å². The Bertz CT molecular complexity index is 945. The number of fused-ring (bicyclic) bond motifs is 1. The predicted octanol–water partition coefficient (Wildman–Crippen LogP) is 1.72. The van der Waals surface area contributed by atoms with Gasteiger partial charge in [-0.1, -0.05) is 24.3 Å². The first-order chi connectivity index (χ1) is 10.5. The van der Waals surface area contributed by atoms with Crippen LogP contribution in [-0.4, -0.2) is 33.0 Å². The van der Waals surface area contributed by atoms with E-state index >= 15 is 0 Å². The summed E-state index contributed by atoms with van der Waals surface area (Å²) in [6.45, 7) is 0. The summed E-state index contributed by atoms with van der Waals surface area (Å²) in [5.41, 5.74) is -0.201. The number of rotatable bonds is 3. The Labute approximate surface area is 125 Å². The zero-order valence-corrected chi connectivity index (χ0v) is 11.8. The summed E-state index contributed by atoms with van der Waals surface area (Å²) in [6.07, 6.45) is 2.42. The molecule has 0 amide bonds. The van der Waals surface area contributed by atoms with Crippen molar-refractivity contribution in [3.8, 4) is 5.75 Å². The summed E-state index contributed by atoms with van der Waals surface area (Å²) in [7, 11) is -4.56. The third kappa shape index (κ3) is 2.54. The van der Waals surface area contributed by atoms with Crippen molar-refractivity contribution < 1.29 is 18.1 Å². The fraction of sp³-hybridized carbons (Fsp3) is 0. The fourth-order valence-corrected chi connectivity index (χ4v) is 2.72. The lowest BCUT2D eigenvalue weighted by molar-refractivity contribution is 0.473. The lowest BCUT2D eigenvalue weighted by Crippen LogP contribution is -2.06. The monoisotopic (exact) mass is 318 g/mol. The van der Waals surface area contributed by atoms with Crippen LogP contribution in [-0.2, 0) is 10.1 Å². The molecule has 0 spiro atoms. The molecule has 0 bridgehead atoms. The van der Waals surface area contributed by atoms with Crippen LogP contribution in [0.25, 0.3) is 10.8 Å². The molecule has 0 aliphatic heterocycles. The zero-order valence-electron chi connectivity index (χ0n) is 11.0. The van der Waals surface area contributed by atoms with E-state index in [9.17, 15) is 18.1 Å². The first-order valence-corrected chi connectivity index (χ1v) is 7.52. The van der Waals surface area contributed by atoms with E-state index in [-0.39, 0.29) is 17.4 Å². The van der Waals surface area contributed by atoms with E-state index in [2.05, 4.69) is 20.3 Å². The van der Waals surface area contributed by atoms with E-state index in [1.54, 1.807) is 24.3 Å². The number of phenolic OH excluding ortho intramolecular Hbond substituents is 1. The van der Waals surface area contributed by atoms with Gasteiger partial charge in [-0.15, -0.1) is 0 Å². The summed E-state index contributed by atoms with van der Waals surface area (Å²) >= 11 is 0. The first-order valence-electron chi connectivity index (χ1n) is 6.08. The zero-order chi connectivity index (χ0) is 15.7. The fourth-order valence-electron chi connectivity index (χ4n) is 2.04. The van der Waals surface area contributed by atoms with E-state index < -0.39 is 15.0 Å². The Morgan fingerprint density at radius 3 is 2.45 bits per heavy atom. The number of nitrogens with zero attached hydrogens (tertiary/aromatic N) is 3. The lowest BCUT2D eigenvalue weighted by atomic mass is 10.1. The average molecular weight is 318 g/mol. The normalized spacial score (nSPS) is 11.5. The number of nitrogens with one attached hydrogen (secondary N) is 1. The largest absolute Gasteiger partial charge is 0.505 e. The SMILES string of the molecule is O=S(=O)(O)c1cc2ccccc2c(O)c1Nc1ncncn1. The van der Waals surface area contributed by atoms with Gasteiger partial charge < -0.3 is 10.4 Å². The van der Waals surface area contributed by atoms with Crippen LogP contribution in [0.1, 0.15) is 0 Å². The Hall–Kier alpha value is -2.78. The minimum absolute atomic E-state index is 0.0329. The Balaban J connectivity index is 2.28. The van der Waals surface area contributed by atoms with Crippen molar-refractivity contribution in [2.24, 2.45) is 0 Å². The van der Waals surface area contributed by atoms with Crippen molar-refractivity contribution in [2.75, 3.05) is 5.32 Å². The Kier molecular flexibility index (Phi) is 3.35. The number of anilines is 2. The molecule has 8 nitrogen and oxygen atoms in total. The van der Waals surface area contributed by atoms with Crippen LogP contribution in [0.2, 0.25) is 0 Å². The van der Waals surface area contributed by atoms with Crippen molar-refractivity contribution >= 4 is 32.5 Å². The molecule has 112 valence electrons. The maximum Gasteiger partial charge on any atom is 0.296 e. The standard InChI is InChI=1S/C13H10N4O4S/c18-12-9-4-2-1-3-8(9)5-10(22(19,20)21)11(12)17-13-15-6-14-7-16-13/h1-7,18H,(H,19,20,21)(H,14,15,16,17). The quantitative estimate of drug-likeness (QED) is 0.492. The summed E-state index contributed by atoms with van der Waals surface area (Å²) < 4.78 is 32.6. The van der Waals surface area contributed by atoms with Crippen LogP contribution >= 0.6 is 0 Å². The molecule has 3 N–H and O–H groups in total. The van der Waals surface area contributed by atoms with Gasteiger partial charge in [-0.2, -0.15) is 8.42 Å². The van der Waals surface area contributed by atoms with Gasteiger partial charge in [0.25, 0.3) is 10.1 Å². The molecule has 0 atom stereocenters. The highest BCUT2D eigenvalue weighted by molar-refractivity contribution is 7.86. The van der Waals surface area contributed by atoms with Crippen molar-refractivity contribution in [3.63, 3.8) is 0 Å². The van der Waals surface area contributed by atoms with E-state index in [4.69, 9.17) is 0 Å². The summed E-state index contributed by atoms with van der Waals surface area (Å²) in [6, 6.07) is 7.89. The van der Waals surface area contributed by atoms with Crippen LogP contribution in [0.5, 0.6) is 5.75 Å². The predicted molar refractivity (Wildman–Crippen MR) is 78.5 cm³/mol. The number of hydrogen-bond acceptors (Lipinski definition) is 7. The third-order valence-electron chi connectivity index (χ3n) is 2.99. The van der Waals surface area contributed by atoms with Gasteiger partial charge in [-0.25, -0.2) is 15.0 Å². The van der Waals surface area contributed by atoms with Crippen molar-refractivity contribution in [2.45, 2.75) is 4.90 Å². The van der Waals surface area contributed by atoms with Crippen molar-refractivity contribution in [1.82, 2.24) is 15.0 Å². The second-order valence-corrected chi connectivity index (χ2v) is 5.77. The maximum atomic E-state index is 11.6. The minimum Gasteiger partial charge on any atom is -0.505 e. The highest BCUT2D eigenvalue weighted by Gasteiger charge is 2.22. The van der Waals surface area contributed by atoms with Crippen LogP contribution in [0, 0.1) is 0 Å². The number of phenols is 1. The van der Waals surface area contributed by atoms with Crippen molar-refractivity contribution in [3.05, 3.63) is 43.0 Å². The van der Waals surface area contributed by atoms with Gasteiger partial charge in [0.05, 0.1) is 0 Å². The van der Waals surface area contributed by atoms with Crippen LogP contribution in [0.4, 0.5) is 11.6 Å². The van der Waals surface area contributed by atoms with Gasteiger partial charge in [0.15, 0.2) is 0 Å². The molecule has 2 aromatic carbocycles. The molecule has 9 heteroatoms. The van der Waals surface area contributed by atoms with E-state index in [0.717, 1.165) is 0 Å². The number of aromatic nitrogens is 3. The highest BCUT2D eigenvalue weighted by Crippen LogP contribution is 2.39. The molecule has 22 heavy (non-hydrogen) atoms. The first kappa shape index (κ1) is 14.2. The van der Waals surface area contributed by atoms with E-state index in [0.29, 0.717) is 10.8 Å². The molecule has 0 radical (unpaired) electrons. The highest BCUT2D eigenvalue weighted by atomic mass is 32.2. The van der Waals surface area contributed by atoms with Gasteiger partial charge in [0.1, 0.15) is 29.0 Å². The van der Waals surface area contributed by atoms with Crippen LogP contribution < -0.4 is 5.32 Å². The molecule has 0 aliphatic carbocycles. The summed E-state index contributed by atoms with van der Waals surface area (Å²) in [4.78, 5) is 10.8. The molecule has 1 aromatic heterocycles.